The summed E-state index contributed by atoms with van der Waals surface area (Å²) < 4.78 is 5.62. The lowest BCUT2D eigenvalue weighted by atomic mass is 10.1. The summed E-state index contributed by atoms with van der Waals surface area (Å²) in [6.45, 7) is 4.49. The largest absolute Gasteiger partial charge is 0.369 e. The van der Waals surface area contributed by atoms with Crippen molar-refractivity contribution in [2.24, 2.45) is 5.73 Å². The van der Waals surface area contributed by atoms with Crippen molar-refractivity contribution < 1.29 is 4.74 Å². The summed E-state index contributed by atoms with van der Waals surface area (Å²) in [6, 6.07) is 3.87. The fourth-order valence-electron chi connectivity index (χ4n) is 1.17. The summed E-state index contributed by atoms with van der Waals surface area (Å²) >= 11 is 0. The molecule has 1 rings (SSSR count). The summed E-state index contributed by atoms with van der Waals surface area (Å²) in [5, 5.41) is 0. The van der Waals surface area contributed by atoms with Gasteiger partial charge in [-0.2, -0.15) is 0 Å². The summed E-state index contributed by atoms with van der Waals surface area (Å²) in [4.78, 5) is 4.03. The predicted molar refractivity (Wildman–Crippen MR) is 52.3 cm³/mol. The number of rotatable bonds is 4. The highest BCUT2D eigenvalue weighted by molar-refractivity contribution is 5.12. The minimum absolute atomic E-state index is 0.0336. The molecular formula is C10H16N2O. The zero-order valence-electron chi connectivity index (χ0n) is 8.10. The predicted octanol–water partition coefficient (Wildman–Crippen LogP) is 1.51. The number of aromatic nitrogens is 1. The number of ether oxygens (including phenoxy) is 1. The lowest BCUT2D eigenvalue weighted by Gasteiger charge is -2.18. The van der Waals surface area contributed by atoms with E-state index in [9.17, 15) is 0 Å². The van der Waals surface area contributed by atoms with E-state index < -0.39 is 0 Å². The molecule has 0 saturated carbocycles. The second kappa shape index (κ2) is 4.94. The Morgan fingerprint density at radius 2 is 2.31 bits per heavy atom. The van der Waals surface area contributed by atoms with Crippen molar-refractivity contribution in [1.29, 1.82) is 0 Å². The number of nitrogens with zero attached hydrogens (tertiary/aromatic N) is 1. The van der Waals surface area contributed by atoms with Gasteiger partial charge in [-0.1, -0.05) is 6.07 Å². The van der Waals surface area contributed by atoms with E-state index >= 15 is 0 Å². The molecule has 1 aromatic heterocycles. The third kappa shape index (κ3) is 3.13. The molecule has 1 heterocycles. The molecule has 2 N–H and O–H groups in total. The first-order valence-electron chi connectivity index (χ1n) is 4.49. The van der Waals surface area contributed by atoms with Crippen LogP contribution in [0.25, 0.3) is 0 Å². The molecule has 0 aliphatic heterocycles. The van der Waals surface area contributed by atoms with E-state index in [1.54, 1.807) is 12.4 Å². The number of hydrogen-bond acceptors (Lipinski definition) is 3. The van der Waals surface area contributed by atoms with Crippen LogP contribution < -0.4 is 5.73 Å². The van der Waals surface area contributed by atoms with Gasteiger partial charge in [0.2, 0.25) is 0 Å². The van der Waals surface area contributed by atoms with Gasteiger partial charge in [0.1, 0.15) is 0 Å². The first-order valence-corrected chi connectivity index (χ1v) is 4.49. The van der Waals surface area contributed by atoms with Crippen LogP contribution >= 0.6 is 0 Å². The molecule has 3 nitrogen and oxygen atoms in total. The van der Waals surface area contributed by atoms with Crippen molar-refractivity contribution in [3.63, 3.8) is 0 Å². The SMILES string of the molecule is CC(C)OC(CN)c1cccnc1. The molecular weight excluding hydrogens is 164 g/mol. The number of pyridine rings is 1. The second-order valence-corrected chi connectivity index (χ2v) is 3.20. The van der Waals surface area contributed by atoms with Crippen molar-refractivity contribution in [2.45, 2.75) is 26.1 Å². The smallest absolute Gasteiger partial charge is 0.0965 e. The van der Waals surface area contributed by atoms with Crippen molar-refractivity contribution >= 4 is 0 Å². The van der Waals surface area contributed by atoms with E-state index in [-0.39, 0.29) is 12.2 Å². The zero-order chi connectivity index (χ0) is 9.68. The van der Waals surface area contributed by atoms with Crippen LogP contribution in [0.3, 0.4) is 0 Å². The van der Waals surface area contributed by atoms with Crippen molar-refractivity contribution in [3.05, 3.63) is 30.1 Å². The van der Waals surface area contributed by atoms with Gasteiger partial charge >= 0.3 is 0 Å². The molecule has 1 aromatic rings. The fraction of sp³-hybridized carbons (Fsp3) is 0.500. The summed E-state index contributed by atoms with van der Waals surface area (Å²) in [7, 11) is 0. The van der Waals surface area contributed by atoms with Crippen LogP contribution in [0.2, 0.25) is 0 Å². The lowest BCUT2D eigenvalue weighted by Crippen LogP contribution is -2.19. The van der Waals surface area contributed by atoms with Gasteiger partial charge in [0.25, 0.3) is 0 Å². The van der Waals surface area contributed by atoms with Gasteiger partial charge < -0.3 is 10.5 Å². The van der Waals surface area contributed by atoms with E-state index in [1.165, 1.54) is 0 Å². The molecule has 1 atom stereocenters. The Labute approximate surface area is 78.9 Å². The van der Waals surface area contributed by atoms with Gasteiger partial charge in [0, 0.05) is 24.5 Å². The molecule has 0 amide bonds. The van der Waals surface area contributed by atoms with E-state index in [4.69, 9.17) is 10.5 Å². The Kier molecular flexibility index (Phi) is 3.86. The third-order valence-electron chi connectivity index (χ3n) is 1.71. The molecule has 13 heavy (non-hydrogen) atoms. The van der Waals surface area contributed by atoms with E-state index in [1.807, 2.05) is 26.0 Å². The van der Waals surface area contributed by atoms with Crippen LogP contribution in [-0.2, 0) is 4.74 Å². The second-order valence-electron chi connectivity index (χ2n) is 3.20. The number of nitrogens with two attached hydrogens (primary N) is 1. The Morgan fingerprint density at radius 3 is 2.77 bits per heavy atom. The molecule has 0 saturated heterocycles. The van der Waals surface area contributed by atoms with E-state index in [2.05, 4.69) is 4.98 Å². The molecule has 0 spiro atoms. The Bertz CT molecular complexity index is 236. The molecule has 0 aromatic carbocycles. The Morgan fingerprint density at radius 1 is 1.54 bits per heavy atom. The molecule has 0 aliphatic carbocycles. The molecule has 1 unspecified atom stereocenters. The van der Waals surface area contributed by atoms with E-state index in [0.717, 1.165) is 5.56 Å². The molecule has 3 heteroatoms. The monoisotopic (exact) mass is 180 g/mol. The van der Waals surface area contributed by atoms with Crippen molar-refractivity contribution in [1.82, 2.24) is 4.98 Å². The van der Waals surface area contributed by atoms with Gasteiger partial charge in [0.15, 0.2) is 0 Å². The molecule has 0 radical (unpaired) electrons. The first kappa shape index (κ1) is 10.2. The molecule has 72 valence electrons. The topological polar surface area (TPSA) is 48.1 Å². The van der Waals surface area contributed by atoms with Crippen LogP contribution in [-0.4, -0.2) is 17.6 Å². The van der Waals surface area contributed by atoms with Gasteiger partial charge in [-0.15, -0.1) is 0 Å². The standard InChI is InChI=1S/C10H16N2O/c1-8(2)13-10(6-11)9-4-3-5-12-7-9/h3-5,7-8,10H,6,11H2,1-2H3. The van der Waals surface area contributed by atoms with Gasteiger partial charge in [-0.25, -0.2) is 0 Å². The highest BCUT2D eigenvalue weighted by Crippen LogP contribution is 2.16. The summed E-state index contributed by atoms with van der Waals surface area (Å²) in [5.74, 6) is 0. The fourth-order valence-corrected chi connectivity index (χ4v) is 1.17. The summed E-state index contributed by atoms with van der Waals surface area (Å²) in [6.07, 6.45) is 3.69. The maximum absolute atomic E-state index is 5.62. The van der Waals surface area contributed by atoms with Crippen LogP contribution in [0.5, 0.6) is 0 Å². The Balaban J connectivity index is 2.67. The van der Waals surface area contributed by atoms with Crippen LogP contribution in [0.15, 0.2) is 24.5 Å². The maximum Gasteiger partial charge on any atom is 0.0965 e. The third-order valence-corrected chi connectivity index (χ3v) is 1.71. The Hall–Kier alpha value is -0.930. The zero-order valence-corrected chi connectivity index (χ0v) is 8.10. The normalized spacial score (nSPS) is 13.2. The van der Waals surface area contributed by atoms with Gasteiger partial charge in [-0.05, 0) is 19.9 Å². The van der Waals surface area contributed by atoms with Crippen LogP contribution in [0, 0.1) is 0 Å². The van der Waals surface area contributed by atoms with Crippen LogP contribution in [0.1, 0.15) is 25.5 Å². The van der Waals surface area contributed by atoms with Gasteiger partial charge in [-0.3, -0.25) is 4.98 Å². The van der Waals surface area contributed by atoms with Gasteiger partial charge in [0.05, 0.1) is 12.2 Å². The highest BCUT2D eigenvalue weighted by Gasteiger charge is 2.11. The lowest BCUT2D eigenvalue weighted by molar-refractivity contribution is 0.0118. The van der Waals surface area contributed by atoms with Crippen LogP contribution in [0.4, 0.5) is 0 Å². The van der Waals surface area contributed by atoms with E-state index in [0.29, 0.717) is 6.54 Å². The maximum atomic E-state index is 5.62. The first-order chi connectivity index (χ1) is 6.24. The average molecular weight is 180 g/mol. The van der Waals surface area contributed by atoms with Crippen molar-refractivity contribution in [2.75, 3.05) is 6.54 Å². The highest BCUT2D eigenvalue weighted by atomic mass is 16.5. The number of hydrogen-bond donors (Lipinski definition) is 1. The molecule has 0 bridgehead atoms. The quantitative estimate of drug-likeness (QED) is 0.764. The molecule has 0 aliphatic rings. The summed E-state index contributed by atoms with van der Waals surface area (Å²) in [5.41, 5.74) is 6.64. The average Bonchev–Trinajstić information content (AvgIpc) is 2.15. The minimum atomic E-state index is -0.0336. The minimum Gasteiger partial charge on any atom is -0.369 e. The van der Waals surface area contributed by atoms with Crippen molar-refractivity contribution in [3.8, 4) is 0 Å². The molecule has 0 fully saturated rings.